The van der Waals surface area contributed by atoms with E-state index >= 15 is 0 Å². The average Bonchev–Trinajstić information content (AvgIpc) is 1.63. The van der Waals surface area contributed by atoms with Gasteiger partial charge in [0.2, 0.25) is 82.7 Å². The van der Waals surface area contributed by atoms with E-state index in [9.17, 15) is 102 Å². The van der Waals surface area contributed by atoms with Crippen LogP contribution in [0, 0.1) is 11.8 Å². The molecule has 46 nitrogen and oxygen atoms in total. The van der Waals surface area contributed by atoms with E-state index in [1.54, 1.807) is 109 Å². The first-order chi connectivity index (χ1) is 67.2. The standard InChI is InChI=1S/C94H130N24O22S/c1-51(2)22-30-65-82(127)107-66(36-41-95)83(128)109-69(39-44-98)88(133)116-78(53(5)119)90(135)102-47-40-70(86(131)108-67(37-42-96)85(130)113-71(89(134)106-65)48-55-16-9-8-10-17-55)110-84(129)68(38-43-97)112-92(137)79(54(6)120)114-75(122)34-33-74(121)105-64(32-35-76(123)124)87(132)115-77(52(3)4)91(136)111-63(20-15-46-103-93(99)138)81(126)104-58-25-23-56(24-26-58)50-140-94(139)118-72-49-59(141-73-21-12-11-19-61(73)80(125)100-7)28-29-60(72)62(117-118)31-27-57-18-13-14-45-101-57/h8-14,16-19,21,23-29,31,45,49,51-54,63-71,77-79,119-120H,15,20,22,30,32-44,46-48,50,95-98H2,1-7H3,(H,100,125)(H,102,135)(H,104,126)(H,105,121)(H,106,134)(H,107,127)(H,108,131)(H,109,128)(H,110,129)(H,111,136)(H,112,137)(H,113,130)(H,114,122)(H,115,132)(H,116,133)(H,123,124)(H3,99,103,138)/b31-27+/t53-,54-,63-,64-,65-,66-,67-,68-,69-,70+,71+,77-,78+,79?/m0/s1. The third-order valence-corrected chi connectivity index (χ3v) is 23.4. The topological polar surface area (TPSA) is 730 Å². The fraction of sp³-hybridized carbons (Fsp3) is 0.468. The van der Waals surface area contributed by atoms with Gasteiger partial charge in [-0.3, -0.25) is 81.7 Å². The smallest absolute Gasteiger partial charge is 0.435 e. The molecule has 0 spiro atoms. The lowest BCUT2D eigenvalue weighted by molar-refractivity contribution is -0.138. The van der Waals surface area contributed by atoms with Crippen molar-refractivity contribution in [1.82, 2.24) is 94.5 Å². The SMILES string of the molecule is CNC(=O)c1ccccc1Sc1ccc2c(/C=C/c3ccccn3)nn(C(=O)OCc3ccc(NC(=O)[C@H](CCCNC(N)=O)NC(=O)[C@@H](NC(=O)[C@H](CCC(=O)O)NC(=O)CCC(=O)NC(C(=O)N[C@@H](CCN)C(=O)N[C@@H]4CCNC(=O)[C@@H]([C@H](C)O)NC(=O)[C@H](CCN)NC(=O)[C@H](CCN)NC(=O)[C@H](CCC(C)C)NC(=O)[C@@H](Cc5ccccc5)NC(=O)[C@H](CCN)NC4=O)[C@H](C)O)C(C)C)cc3)c2c1. The van der Waals surface area contributed by atoms with Crippen LogP contribution >= 0.6 is 11.8 Å². The molecule has 1 aliphatic heterocycles. The Hall–Kier alpha value is -14.4. The van der Waals surface area contributed by atoms with E-state index in [0.29, 0.717) is 55.2 Å². The maximum Gasteiger partial charge on any atom is 0.435 e. The predicted molar refractivity (Wildman–Crippen MR) is 518 cm³/mol. The Morgan fingerprint density at radius 3 is 1.70 bits per heavy atom. The minimum absolute atomic E-state index is 0.0157. The normalized spacial score (nSPS) is 18.5. The number of hydrogen-bond acceptors (Lipinski definition) is 28. The van der Waals surface area contributed by atoms with Crippen molar-refractivity contribution in [3.8, 4) is 0 Å². The van der Waals surface area contributed by atoms with Crippen LogP contribution in [-0.2, 0) is 89.7 Å². The first-order valence-corrected chi connectivity index (χ1v) is 47.1. The summed E-state index contributed by atoms with van der Waals surface area (Å²) in [6, 6.07) is 12.4. The molecule has 0 bridgehead atoms. The first-order valence-electron chi connectivity index (χ1n) is 46.3. The highest BCUT2D eigenvalue weighted by Crippen LogP contribution is 2.34. The monoisotopic (exact) mass is 1980 g/mol. The van der Waals surface area contributed by atoms with Crippen molar-refractivity contribution in [3.05, 3.63) is 150 Å². The van der Waals surface area contributed by atoms with E-state index in [0.717, 1.165) is 18.5 Å². The maximum atomic E-state index is 14.8. The fourth-order valence-corrected chi connectivity index (χ4v) is 15.5. The second-order valence-electron chi connectivity index (χ2n) is 34.3. The first kappa shape index (κ1) is 114. The highest BCUT2D eigenvalue weighted by Gasteiger charge is 2.39. The number of ether oxygens (including phenoxy) is 1. The molecule has 0 radical (unpaired) electrons. The van der Waals surface area contributed by atoms with Crippen LogP contribution < -0.4 is 114 Å². The molecule has 14 atom stereocenters. The number of nitrogens with zero attached hydrogens (tertiary/aromatic N) is 3. The highest BCUT2D eigenvalue weighted by atomic mass is 32.2. The van der Waals surface area contributed by atoms with Crippen LogP contribution in [0.4, 0.5) is 15.3 Å². The minimum atomic E-state index is -1.92. The summed E-state index contributed by atoms with van der Waals surface area (Å²) >= 11 is 1.31. The number of amides is 17. The molecule has 0 saturated carbocycles. The maximum absolute atomic E-state index is 14.8. The molecule has 1 fully saturated rings. The third-order valence-electron chi connectivity index (χ3n) is 22.3. The predicted octanol–water partition coefficient (Wildman–Crippen LogP) is -1.84. The summed E-state index contributed by atoms with van der Waals surface area (Å²) in [5.74, 6) is -16.6. The van der Waals surface area contributed by atoms with Gasteiger partial charge in [0.25, 0.3) is 5.91 Å². The van der Waals surface area contributed by atoms with Crippen molar-refractivity contribution < 1.29 is 106 Å². The zero-order valence-electron chi connectivity index (χ0n) is 79.5. The molecule has 1 saturated heterocycles. The van der Waals surface area contributed by atoms with Crippen molar-refractivity contribution >= 4 is 147 Å². The lowest BCUT2D eigenvalue weighted by Crippen LogP contribution is -2.61. The van der Waals surface area contributed by atoms with E-state index < -0.39 is 236 Å². The van der Waals surface area contributed by atoms with Crippen LogP contribution in [0.2, 0.25) is 0 Å². The molecule has 29 N–H and O–H groups in total. The third kappa shape index (κ3) is 37.0. The lowest BCUT2D eigenvalue weighted by Gasteiger charge is -2.28. The van der Waals surface area contributed by atoms with Crippen molar-refractivity contribution in [2.24, 2.45) is 40.5 Å². The number of carbonyl (C=O) groups is 18. The minimum Gasteiger partial charge on any atom is -0.481 e. The van der Waals surface area contributed by atoms with Crippen LogP contribution in [0.1, 0.15) is 158 Å². The second kappa shape index (κ2) is 57.9. The number of rotatable bonds is 45. The summed E-state index contributed by atoms with van der Waals surface area (Å²) in [7, 11) is 1.53. The van der Waals surface area contributed by atoms with E-state index in [-0.39, 0.29) is 102 Å². The van der Waals surface area contributed by atoms with E-state index in [4.69, 9.17) is 33.4 Å². The number of carboxylic acid groups (broad SMARTS) is 1. The Labute approximate surface area is 818 Å². The number of hydrogen-bond donors (Lipinski definition) is 24. The number of nitrogens with two attached hydrogens (primary N) is 5. The molecule has 3 heterocycles. The molecule has 1 aliphatic rings. The zero-order chi connectivity index (χ0) is 104. The Kier molecular flexibility index (Phi) is 46.6. The Morgan fingerprint density at radius 1 is 0.553 bits per heavy atom. The molecule has 47 heteroatoms. The Morgan fingerprint density at radius 2 is 1.12 bits per heavy atom. The van der Waals surface area contributed by atoms with Crippen molar-refractivity contribution in [2.75, 3.05) is 51.6 Å². The van der Waals surface area contributed by atoms with Gasteiger partial charge in [-0.25, -0.2) is 9.59 Å². The largest absolute Gasteiger partial charge is 0.481 e. The second-order valence-corrected chi connectivity index (χ2v) is 35.4. The van der Waals surface area contributed by atoms with Gasteiger partial charge in [0.05, 0.1) is 34.7 Å². The quantitative estimate of drug-likeness (QED) is 0.0187. The summed E-state index contributed by atoms with van der Waals surface area (Å²) in [4.78, 5) is 256. The zero-order valence-corrected chi connectivity index (χ0v) is 80.3. The number of primary amides is 1. The number of carboxylic acids is 1. The molecule has 4 aromatic carbocycles. The fourth-order valence-electron chi connectivity index (χ4n) is 14.6. The van der Waals surface area contributed by atoms with Gasteiger partial charge in [0.15, 0.2) is 0 Å². The molecule has 7 rings (SSSR count). The number of pyridine rings is 1. The molecule has 764 valence electrons. The summed E-state index contributed by atoms with van der Waals surface area (Å²) < 4.78 is 6.91. The van der Waals surface area contributed by atoms with Crippen molar-refractivity contribution in [1.29, 1.82) is 0 Å². The molecule has 0 aliphatic carbocycles. The number of benzene rings is 4. The molecule has 1 unspecified atom stereocenters. The molecular formula is C94H130N24O22S. The number of nitrogens with one attached hydrogen (secondary N) is 16. The number of aliphatic carboxylic acids is 1. The van der Waals surface area contributed by atoms with Gasteiger partial charge in [-0.15, -0.1) is 0 Å². The summed E-state index contributed by atoms with van der Waals surface area (Å²) in [5, 5.41) is 77.3. The number of aliphatic hydroxyl groups excluding tert-OH is 2. The number of aliphatic hydroxyl groups is 2. The molecule has 17 amide bonds. The van der Waals surface area contributed by atoms with Crippen LogP contribution in [0.3, 0.4) is 0 Å². The van der Waals surface area contributed by atoms with Crippen LogP contribution in [0.5, 0.6) is 0 Å². The van der Waals surface area contributed by atoms with Crippen LogP contribution in [0.15, 0.2) is 131 Å². The number of aromatic nitrogens is 3. The summed E-state index contributed by atoms with van der Waals surface area (Å²) in [6.45, 7) is 7.19. The molecule has 6 aromatic rings. The Balaban J connectivity index is 1.03. The van der Waals surface area contributed by atoms with Gasteiger partial charge in [0.1, 0.15) is 79.1 Å². The average molecular weight is 1980 g/mol. The molecule has 141 heavy (non-hydrogen) atoms. The lowest BCUT2D eigenvalue weighted by atomic mass is 10.00. The van der Waals surface area contributed by atoms with Crippen LogP contribution in [-0.4, -0.2) is 268 Å². The van der Waals surface area contributed by atoms with E-state index in [2.05, 4.69) is 95.2 Å². The number of anilines is 1. The summed E-state index contributed by atoms with van der Waals surface area (Å²) in [6.07, 6.45) is -3.56. The van der Waals surface area contributed by atoms with Gasteiger partial charge in [-0.1, -0.05) is 100 Å². The van der Waals surface area contributed by atoms with Gasteiger partial charge in [-0.2, -0.15) is 9.78 Å². The van der Waals surface area contributed by atoms with Gasteiger partial charge in [0, 0.05) is 72.9 Å². The highest BCUT2D eigenvalue weighted by molar-refractivity contribution is 7.99. The number of carbonyl (C=O) groups excluding carboxylic acids is 17. The number of urea groups is 1. The van der Waals surface area contributed by atoms with Crippen LogP contribution in [0.25, 0.3) is 23.1 Å². The van der Waals surface area contributed by atoms with E-state index in [1.807, 2.05) is 26.0 Å². The molecular weight excluding hydrogens is 1850 g/mol. The van der Waals surface area contributed by atoms with Gasteiger partial charge in [-0.05, 0) is 194 Å². The van der Waals surface area contributed by atoms with E-state index in [1.165, 1.54) is 44.8 Å². The number of fused-ring (bicyclic) bond motifs is 1. The Bertz CT molecular complexity index is 5340. The van der Waals surface area contributed by atoms with Crippen molar-refractivity contribution in [3.63, 3.8) is 0 Å². The summed E-state index contributed by atoms with van der Waals surface area (Å²) in [5.41, 5.74) is 32.2. The van der Waals surface area contributed by atoms with Crippen molar-refractivity contribution in [2.45, 2.75) is 233 Å². The molecule has 2 aromatic heterocycles. The van der Waals surface area contributed by atoms with Gasteiger partial charge < -0.3 is 134 Å². The van der Waals surface area contributed by atoms with Gasteiger partial charge >= 0.3 is 18.1 Å².